The molecule has 3 aromatic carbocycles. The van der Waals surface area contributed by atoms with Crippen LogP contribution in [0.1, 0.15) is 40.1 Å². The number of aryl methyl sites for hydroxylation is 2. The molecule has 3 aromatic rings. The third kappa shape index (κ3) is 4.66. The van der Waals surface area contributed by atoms with E-state index < -0.39 is 0 Å². The fourth-order valence-electron chi connectivity index (χ4n) is 4.62. The Morgan fingerprint density at radius 3 is 2.34 bits per heavy atom. The molecule has 1 saturated heterocycles. The highest BCUT2D eigenvalue weighted by Gasteiger charge is 2.33. The first-order valence-corrected chi connectivity index (χ1v) is 11.2. The van der Waals surface area contributed by atoms with Crippen molar-refractivity contribution < 1.29 is 4.74 Å². The summed E-state index contributed by atoms with van der Waals surface area (Å²) < 4.78 is 5.94. The summed E-state index contributed by atoms with van der Waals surface area (Å²) >= 11 is 6.19. The van der Waals surface area contributed by atoms with Crippen LogP contribution in [-0.2, 0) is 4.74 Å². The zero-order valence-electron chi connectivity index (χ0n) is 18.8. The molecular formula is C27H28ClN3O. The number of piperazine rings is 1. The number of nitrogens with zero attached hydrogens (tertiary/aromatic N) is 3. The molecule has 0 bridgehead atoms. The molecule has 2 unspecified atom stereocenters. The van der Waals surface area contributed by atoms with Gasteiger partial charge in [0, 0.05) is 37.5 Å². The maximum absolute atomic E-state index is 9.12. The van der Waals surface area contributed by atoms with Crippen LogP contribution >= 0.6 is 11.6 Å². The van der Waals surface area contributed by atoms with Crippen LogP contribution in [0.3, 0.4) is 0 Å². The van der Waals surface area contributed by atoms with E-state index >= 15 is 0 Å². The molecule has 1 heterocycles. The van der Waals surface area contributed by atoms with E-state index in [4.69, 9.17) is 21.6 Å². The number of rotatable bonds is 5. The molecule has 0 radical (unpaired) electrons. The van der Waals surface area contributed by atoms with Crippen molar-refractivity contribution in [2.24, 2.45) is 0 Å². The zero-order valence-corrected chi connectivity index (χ0v) is 19.5. The summed E-state index contributed by atoms with van der Waals surface area (Å²) in [7, 11) is 1.75. The van der Waals surface area contributed by atoms with Crippen LogP contribution in [0.25, 0.3) is 0 Å². The largest absolute Gasteiger partial charge is 0.362 e. The average Bonchev–Trinajstić information content (AvgIpc) is 2.81. The van der Waals surface area contributed by atoms with Crippen LogP contribution in [-0.4, -0.2) is 31.6 Å². The first kappa shape index (κ1) is 22.4. The normalized spacial score (nSPS) is 17.7. The van der Waals surface area contributed by atoms with Gasteiger partial charge in [0.05, 0.1) is 17.7 Å². The van der Waals surface area contributed by atoms with E-state index in [1.165, 1.54) is 22.4 Å². The van der Waals surface area contributed by atoms with Gasteiger partial charge in [-0.15, -0.1) is 0 Å². The molecule has 0 amide bonds. The van der Waals surface area contributed by atoms with Gasteiger partial charge in [0.1, 0.15) is 6.23 Å². The van der Waals surface area contributed by atoms with Gasteiger partial charge in [0.2, 0.25) is 0 Å². The van der Waals surface area contributed by atoms with Crippen LogP contribution in [0.4, 0.5) is 5.69 Å². The van der Waals surface area contributed by atoms with Gasteiger partial charge < -0.3 is 9.64 Å². The van der Waals surface area contributed by atoms with Crippen molar-refractivity contribution in [2.75, 3.05) is 31.6 Å². The molecule has 32 heavy (non-hydrogen) atoms. The minimum Gasteiger partial charge on any atom is -0.362 e. The molecule has 2 atom stereocenters. The van der Waals surface area contributed by atoms with Crippen molar-refractivity contribution in [1.82, 2.24) is 4.90 Å². The minimum absolute atomic E-state index is 0.165. The summed E-state index contributed by atoms with van der Waals surface area (Å²) in [4.78, 5) is 4.88. The minimum atomic E-state index is -0.168. The standard InChI is InChI=1S/C27H28ClN3O/c1-19-4-13-25(20(2)16-19)31-15-14-30(18-26(31)22-9-11-24(28)12-10-22)27(32-3)23-7-5-21(17-29)6-8-23/h4-13,16,26-27H,14-15,18H2,1-3H3. The molecule has 0 N–H and O–H groups in total. The summed E-state index contributed by atoms with van der Waals surface area (Å²) in [6.07, 6.45) is -0.168. The molecule has 1 fully saturated rings. The van der Waals surface area contributed by atoms with Gasteiger partial charge in [-0.2, -0.15) is 5.26 Å². The fourth-order valence-corrected chi connectivity index (χ4v) is 4.75. The van der Waals surface area contributed by atoms with Crippen molar-refractivity contribution in [3.63, 3.8) is 0 Å². The second-order valence-corrected chi connectivity index (χ2v) is 8.80. The molecule has 4 rings (SSSR count). The van der Waals surface area contributed by atoms with Crippen LogP contribution in [0.5, 0.6) is 0 Å². The lowest BCUT2D eigenvalue weighted by Crippen LogP contribution is -2.50. The monoisotopic (exact) mass is 445 g/mol. The van der Waals surface area contributed by atoms with E-state index in [0.29, 0.717) is 5.56 Å². The predicted octanol–water partition coefficient (Wildman–Crippen LogP) is 6.04. The number of halogens is 1. The summed E-state index contributed by atoms with van der Waals surface area (Å²) in [5.41, 5.74) is 6.76. The Hall–Kier alpha value is -2.84. The van der Waals surface area contributed by atoms with Crippen LogP contribution in [0.15, 0.2) is 66.7 Å². The van der Waals surface area contributed by atoms with Gasteiger partial charge in [-0.25, -0.2) is 0 Å². The van der Waals surface area contributed by atoms with E-state index in [0.717, 1.165) is 30.2 Å². The predicted molar refractivity (Wildman–Crippen MR) is 130 cm³/mol. The number of anilines is 1. The topological polar surface area (TPSA) is 39.5 Å². The molecule has 1 aliphatic heterocycles. The van der Waals surface area contributed by atoms with Gasteiger partial charge in [-0.3, -0.25) is 4.90 Å². The number of methoxy groups -OCH3 is 1. The van der Waals surface area contributed by atoms with E-state index in [-0.39, 0.29) is 12.3 Å². The Morgan fingerprint density at radius 2 is 1.72 bits per heavy atom. The Kier molecular flexibility index (Phi) is 6.81. The van der Waals surface area contributed by atoms with Crippen molar-refractivity contribution in [3.8, 4) is 6.07 Å². The van der Waals surface area contributed by atoms with Crippen molar-refractivity contribution >= 4 is 17.3 Å². The van der Waals surface area contributed by atoms with Crippen molar-refractivity contribution in [3.05, 3.63) is 99.6 Å². The molecule has 1 aliphatic rings. The summed E-state index contributed by atoms with van der Waals surface area (Å²) in [6.45, 7) is 6.88. The van der Waals surface area contributed by atoms with Gasteiger partial charge >= 0.3 is 0 Å². The van der Waals surface area contributed by atoms with Gasteiger partial charge in [0.15, 0.2) is 0 Å². The van der Waals surface area contributed by atoms with E-state index in [2.05, 4.69) is 60.0 Å². The van der Waals surface area contributed by atoms with E-state index in [1.54, 1.807) is 7.11 Å². The number of benzene rings is 3. The summed E-state index contributed by atoms with van der Waals surface area (Å²) in [5.74, 6) is 0. The number of nitriles is 1. The third-order valence-corrected chi connectivity index (χ3v) is 6.46. The first-order valence-electron chi connectivity index (χ1n) is 10.9. The molecule has 0 aliphatic carbocycles. The summed E-state index contributed by atoms with van der Waals surface area (Å²) in [5, 5.41) is 9.87. The maximum Gasteiger partial charge on any atom is 0.136 e. The lowest BCUT2D eigenvalue weighted by Gasteiger charge is -2.46. The third-order valence-electron chi connectivity index (χ3n) is 6.21. The Morgan fingerprint density at radius 1 is 1.00 bits per heavy atom. The van der Waals surface area contributed by atoms with Gasteiger partial charge in [-0.1, -0.05) is 53.6 Å². The SMILES string of the molecule is COC(c1ccc(C#N)cc1)N1CCN(c2ccc(C)cc2C)C(c2ccc(Cl)cc2)C1. The molecule has 0 saturated carbocycles. The fraction of sp³-hybridized carbons (Fsp3) is 0.296. The molecule has 4 nitrogen and oxygen atoms in total. The van der Waals surface area contributed by atoms with E-state index in [1.807, 2.05) is 36.4 Å². The highest BCUT2D eigenvalue weighted by molar-refractivity contribution is 6.30. The molecule has 0 spiro atoms. The maximum atomic E-state index is 9.12. The molecule has 5 heteroatoms. The lowest BCUT2D eigenvalue weighted by molar-refractivity contribution is -0.0441. The quantitative estimate of drug-likeness (QED) is 0.480. The zero-order chi connectivity index (χ0) is 22.7. The Bertz CT molecular complexity index is 1110. The van der Waals surface area contributed by atoms with Crippen molar-refractivity contribution in [2.45, 2.75) is 26.1 Å². The number of hydrogen-bond acceptors (Lipinski definition) is 4. The van der Waals surface area contributed by atoms with E-state index in [9.17, 15) is 0 Å². The number of hydrogen-bond donors (Lipinski definition) is 0. The van der Waals surface area contributed by atoms with Crippen LogP contribution in [0.2, 0.25) is 5.02 Å². The Balaban J connectivity index is 1.67. The first-order chi connectivity index (χ1) is 15.5. The van der Waals surface area contributed by atoms with Crippen LogP contribution in [0, 0.1) is 25.2 Å². The lowest BCUT2D eigenvalue weighted by atomic mass is 9.98. The Labute approximate surface area is 195 Å². The van der Waals surface area contributed by atoms with Gasteiger partial charge in [-0.05, 0) is 60.9 Å². The van der Waals surface area contributed by atoms with Crippen LogP contribution < -0.4 is 4.90 Å². The summed E-state index contributed by atoms with van der Waals surface area (Å²) in [6, 6.07) is 24.9. The second kappa shape index (κ2) is 9.75. The number of ether oxygens (including phenoxy) is 1. The van der Waals surface area contributed by atoms with Gasteiger partial charge in [0.25, 0.3) is 0 Å². The second-order valence-electron chi connectivity index (χ2n) is 8.37. The highest BCUT2D eigenvalue weighted by atomic mass is 35.5. The highest BCUT2D eigenvalue weighted by Crippen LogP contribution is 2.36. The molecular weight excluding hydrogens is 418 g/mol. The average molecular weight is 446 g/mol. The molecule has 164 valence electrons. The molecule has 0 aromatic heterocycles. The smallest absolute Gasteiger partial charge is 0.136 e. The van der Waals surface area contributed by atoms with Crippen molar-refractivity contribution in [1.29, 1.82) is 5.26 Å².